The first-order valence-electron chi connectivity index (χ1n) is 5.60. The van der Waals surface area contributed by atoms with Crippen LogP contribution in [0.1, 0.15) is 39.0 Å². The lowest BCUT2D eigenvalue weighted by molar-refractivity contribution is -0.137. The van der Waals surface area contributed by atoms with Gasteiger partial charge in [0.2, 0.25) is 5.91 Å². The molecule has 0 spiro atoms. The highest BCUT2D eigenvalue weighted by atomic mass is 16.4. The van der Waals surface area contributed by atoms with Crippen molar-refractivity contribution < 1.29 is 14.7 Å². The standard InChI is InChI=1S/C11H19NO3/c1-8-4-2-5-9(8)11(15)12-7-3-6-10(13)14/h8-9H,2-7H2,1H3,(H,12,15)(H,13,14). The average Bonchev–Trinajstić information content (AvgIpc) is 2.58. The van der Waals surface area contributed by atoms with Gasteiger partial charge in [0.15, 0.2) is 0 Å². The van der Waals surface area contributed by atoms with Crippen LogP contribution in [-0.2, 0) is 9.59 Å². The molecule has 0 saturated heterocycles. The molecule has 1 rings (SSSR count). The minimum atomic E-state index is -0.807. The van der Waals surface area contributed by atoms with Crippen LogP contribution >= 0.6 is 0 Å². The number of hydrogen-bond donors (Lipinski definition) is 2. The molecule has 1 amide bonds. The SMILES string of the molecule is CC1CCCC1C(=O)NCCCC(=O)O. The van der Waals surface area contributed by atoms with E-state index >= 15 is 0 Å². The number of aliphatic carboxylic acids is 1. The molecule has 1 aliphatic carbocycles. The predicted molar refractivity (Wildman–Crippen MR) is 56.4 cm³/mol. The Morgan fingerprint density at radius 3 is 2.67 bits per heavy atom. The van der Waals surface area contributed by atoms with E-state index in [9.17, 15) is 9.59 Å². The quantitative estimate of drug-likeness (QED) is 0.678. The third-order valence-electron chi connectivity index (χ3n) is 3.06. The van der Waals surface area contributed by atoms with E-state index in [0.717, 1.165) is 19.3 Å². The van der Waals surface area contributed by atoms with Gasteiger partial charge in [0.1, 0.15) is 0 Å². The number of carbonyl (C=O) groups excluding carboxylic acids is 1. The molecule has 2 N–H and O–H groups in total. The zero-order valence-corrected chi connectivity index (χ0v) is 9.16. The van der Waals surface area contributed by atoms with Gasteiger partial charge in [-0.05, 0) is 25.2 Å². The fourth-order valence-corrected chi connectivity index (χ4v) is 2.12. The van der Waals surface area contributed by atoms with Crippen molar-refractivity contribution >= 4 is 11.9 Å². The third-order valence-corrected chi connectivity index (χ3v) is 3.06. The number of carbonyl (C=O) groups is 2. The van der Waals surface area contributed by atoms with Gasteiger partial charge in [-0.25, -0.2) is 0 Å². The molecule has 1 fully saturated rings. The Labute approximate surface area is 90.0 Å². The molecule has 0 aromatic heterocycles. The lowest BCUT2D eigenvalue weighted by atomic mass is 9.97. The number of rotatable bonds is 5. The second-order valence-electron chi connectivity index (χ2n) is 4.30. The van der Waals surface area contributed by atoms with E-state index in [0.29, 0.717) is 18.9 Å². The lowest BCUT2D eigenvalue weighted by Crippen LogP contribution is -2.32. The van der Waals surface area contributed by atoms with E-state index in [1.807, 2.05) is 0 Å². The first-order valence-corrected chi connectivity index (χ1v) is 5.60. The summed E-state index contributed by atoms with van der Waals surface area (Å²) in [4.78, 5) is 21.9. The zero-order chi connectivity index (χ0) is 11.3. The summed E-state index contributed by atoms with van der Waals surface area (Å²) in [5.41, 5.74) is 0. The molecule has 1 aliphatic rings. The molecule has 0 heterocycles. The first-order chi connectivity index (χ1) is 7.11. The summed E-state index contributed by atoms with van der Waals surface area (Å²) in [7, 11) is 0. The molecule has 1 saturated carbocycles. The second-order valence-corrected chi connectivity index (χ2v) is 4.30. The van der Waals surface area contributed by atoms with Crippen LogP contribution in [0, 0.1) is 11.8 Å². The van der Waals surface area contributed by atoms with Crippen LogP contribution < -0.4 is 5.32 Å². The fourth-order valence-electron chi connectivity index (χ4n) is 2.12. The molecule has 0 aliphatic heterocycles. The van der Waals surface area contributed by atoms with E-state index in [2.05, 4.69) is 12.2 Å². The number of hydrogen-bond acceptors (Lipinski definition) is 2. The molecule has 2 atom stereocenters. The van der Waals surface area contributed by atoms with Crippen LogP contribution in [-0.4, -0.2) is 23.5 Å². The normalized spacial score (nSPS) is 25.1. The van der Waals surface area contributed by atoms with Crippen LogP contribution in [0.3, 0.4) is 0 Å². The molecule has 4 nitrogen and oxygen atoms in total. The van der Waals surface area contributed by atoms with Crippen molar-refractivity contribution in [1.82, 2.24) is 5.32 Å². The van der Waals surface area contributed by atoms with E-state index in [4.69, 9.17) is 5.11 Å². The van der Waals surface area contributed by atoms with Gasteiger partial charge >= 0.3 is 5.97 Å². The molecule has 0 bridgehead atoms. The van der Waals surface area contributed by atoms with Crippen molar-refractivity contribution in [3.05, 3.63) is 0 Å². The van der Waals surface area contributed by atoms with Crippen LogP contribution in [0.5, 0.6) is 0 Å². The first kappa shape index (κ1) is 12.0. The Kier molecular flexibility index (Phi) is 4.59. The largest absolute Gasteiger partial charge is 0.481 e. The Hall–Kier alpha value is -1.06. The van der Waals surface area contributed by atoms with Gasteiger partial charge in [0, 0.05) is 18.9 Å². The second kappa shape index (κ2) is 5.73. The molecular weight excluding hydrogens is 194 g/mol. The smallest absolute Gasteiger partial charge is 0.303 e. The Balaban J connectivity index is 2.15. The minimum Gasteiger partial charge on any atom is -0.481 e. The lowest BCUT2D eigenvalue weighted by Gasteiger charge is -2.14. The highest BCUT2D eigenvalue weighted by molar-refractivity contribution is 5.79. The van der Waals surface area contributed by atoms with E-state index < -0.39 is 5.97 Å². The number of carboxylic acids is 1. The Morgan fingerprint density at radius 2 is 2.13 bits per heavy atom. The van der Waals surface area contributed by atoms with Gasteiger partial charge in [-0.15, -0.1) is 0 Å². The van der Waals surface area contributed by atoms with Crippen molar-refractivity contribution in [2.75, 3.05) is 6.54 Å². The van der Waals surface area contributed by atoms with E-state index in [1.165, 1.54) is 0 Å². The van der Waals surface area contributed by atoms with Crippen LogP contribution in [0.25, 0.3) is 0 Å². The maximum atomic E-state index is 11.6. The van der Waals surface area contributed by atoms with Gasteiger partial charge in [0.05, 0.1) is 0 Å². The Morgan fingerprint density at radius 1 is 1.40 bits per heavy atom. The summed E-state index contributed by atoms with van der Waals surface area (Å²) in [6, 6.07) is 0. The van der Waals surface area contributed by atoms with Crippen molar-refractivity contribution in [3.63, 3.8) is 0 Å². The highest BCUT2D eigenvalue weighted by Gasteiger charge is 2.29. The fraction of sp³-hybridized carbons (Fsp3) is 0.818. The summed E-state index contributed by atoms with van der Waals surface area (Å²) in [6.45, 7) is 2.59. The van der Waals surface area contributed by atoms with Gasteiger partial charge in [-0.3, -0.25) is 9.59 Å². The Bertz CT molecular complexity index is 240. The molecule has 0 aromatic rings. The predicted octanol–water partition coefficient (Wildman–Crippen LogP) is 1.40. The van der Waals surface area contributed by atoms with Crippen molar-refractivity contribution in [1.29, 1.82) is 0 Å². The molecule has 0 radical (unpaired) electrons. The summed E-state index contributed by atoms with van der Waals surface area (Å²) >= 11 is 0. The van der Waals surface area contributed by atoms with Gasteiger partial charge in [-0.1, -0.05) is 13.3 Å². The molecule has 0 aromatic carbocycles. The van der Waals surface area contributed by atoms with Crippen LogP contribution in [0.2, 0.25) is 0 Å². The molecule has 86 valence electrons. The third kappa shape index (κ3) is 3.90. The van der Waals surface area contributed by atoms with Crippen molar-refractivity contribution in [3.8, 4) is 0 Å². The van der Waals surface area contributed by atoms with Crippen molar-refractivity contribution in [2.45, 2.75) is 39.0 Å². The van der Waals surface area contributed by atoms with E-state index in [1.54, 1.807) is 0 Å². The summed E-state index contributed by atoms with van der Waals surface area (Å²) in [6.07, 6.45) is 3.89. The molecule has 4 heteroatoms. The topological polar surface area (TPSA) is 66.4 Å². The highest BCUT2D eigenvalue weighted by Crippen LogP contribution is 2.30. The maximum absolute atomic E-state index is 11.6. The minimum absolute atomic E-state index is 0.102. The van der Waals surface area contributed by atoms with Crippen LogP contribution in [0.4, 0.5) is 0 Å². The average molecular weight is 213 g/mol. The van der Waals surface area contributed by atoms with E-state index in [-0.39, 0.29) is 18.2 Å². The molecule has 2 unspecified atom stereocenters. The molecule has 15 heavy (non-hydrogen) atoms. The number of carboxylic acid groups (broad SMARTS) is 1. The summed E-state index contributed by atoms with van der Waals surface area (Å²) in [5, 5.41) is 11.2. The molecular formula is C11H19NO3. The van der Waals surface area contributed by atoms with Gasteiger partial charge in [-0.2, -0.15) is 0 Å². The maximum Gasteiger partial charge on any atom is 0.303 e. The van der Waals surface area contributed by atoms with Crippen molar-refractivity contribution in [2.24, 2.45) is 11.8 Å². The summed E-state index contributed by atoms with van der Waals surface area (Å²) < 4.78 is 0. The zero-order valence-electron chi connectivity index (χ0n) is 9.16. The monoisotopic (exact) mass is 213 g/mol. The summed E-state index contributed by atoms with van der Waals surface area (Å²) in [5.74, 6) is -0.0804. The number of amides is 1. The number of nitrogens with one attached hydrogen (secondary N) is 1. The van der Waals surface area contributed by atoms with Gasteiger partial charge in [0.25, 0.3) is 0 Å². The van der Waals surface area contributed by atoms with Gasteiger partial charge < -0.3 is 10.4 Å². The van der Waals surface area contributed by atoms with Crippen LogP contribution in [0.15, 0.2) is 0 Å².